The minimum Gasteiger partial charge on any atom is -0.497 e. The van der Waals surface area contributed by atoms with E-state index in [1.807, 2.05) is 45.9 Å². The van der Waals surface area contributed by atoms with E-state index in [4.69, 9.17) is 9.47 Å². The van der Waals surface area contributed by atoms with Crippen molar-refractivity contribution in [2.24, 2.45) is 10.4 Å². The van der Waals surface area contributed by atoms with Crippen molar-refractivity contribution in [1.82, 2.24) is 16.0 Å². The predicted octanol–water partition coefficient (Wildman–Crippen LogP) is 2.54. The van der Waals surface area contributed by atoms with Crippen molar-refractivity contribution in [3.63, 3.8) is 0 Å². The van der Waals surface area contributed by atoms with Crippen LogP contribution in [0, 0.1) is 5.41 Å². The highest BCUT2D eigenvalue weighted by Gasteiger charge is 2.20. The molecule has 8 heteroatoms. The molecule has 0 radical (unpaired) electrons. The fourth-order valence-corrected chi connectivity index (χ4v) is 2.11. The molecule has 0 aliphatic heterocycles. The van der Waals surface area contributed by atoms with Crippen molar-refractivity contribution in [3.05, 3.63) is 23.8 Å². The van der Waals surface area contributed by atoms with Crippen LogP contribution in [0.5, 0.6) is 11.5 Å². The highest BCUT2D eigenvalue weighted by atomic mass is 127. The van der Waals surface area contributed by atoms with E-state index >= 15 is 0 Å². The lowest BCUT2D eigenvalue weighted by Crippen LogP contribution is -2.43. The van der Waals surface area contributed by atoms with E-state index in [0.29, 0.717) is 25.6 Å². The van der Waals surface area contributed by atoms with Crippen molar-refractivity contribution >= 4 is 35.8 Å². The van der Waals surface area contributed by atoms with Gasteiger partial charge in [-0.2, -0.15) is 0 Å². The van der Waals surface area contributed by atoms with Crippen molar-refractivity contribution < 1.29 is 14.3 Å². The van der Waals surface area contributed by atoms with Crippen LogP contribution in [0.4, 0.5) is 0 Å². The SMILES string of the molecule is CCNC(=NCc1ccc(OC)cc1OC)NCCNC(=O)C(C)(C)C.I. The van der Waals surface area contributed by atoms with Crippen LogP contribution < -0.4 is 25.4 Å². The summed E-state index contributed by atoms with van der Waals surface area (Å²) in [7, 11) is 3.25. The van der Waals surface area contributed by atoms with Gasteiger partial charge in [0.2, 0.25) is 5.91 Å². The largest absolute Gasteiger partial charge is 0.497 e. The summed E-state index contributed by atoms with van der Waals surface area (Å²) in [4.78, 5) is 16.4. The molecule has 0 fully saturated rings. The normalized spacial score (nSPS) is 11.3. The Kier molecular flexibility index (Phi) is 11.8. The molecule has 1 rings (SSSR count). The van der Waals surface area contributed by atoms with Gasteiger partial charge in [0, 0.05) is 36.7 Å². The summed E-state index contributed by atoms with van der Waals surface area (Å²) in [5.74, 6) is 2.20. The number of rotatable bonds is 8. The Morgan fingerprint density at radius 2 is 1.74 bits per heavy atom. The van der Waals surface area contributed by atoms with Gasteiger partial charge < -0.3 is 25.4 Å². The van der Waals surface area contributed by atoms with Crippen LogP contribution in [0.15, 0.2) is 23.2 Å². The molecule has 1 aromatic rings. The van der Waals surface area contributed by atoms with Gasteiger partial charge in [0.25, 0.3) is 0 Å². The fourth-order valence-electron chi connectivity index (χ4n) is 2.11. The number of ether oxygens (including phenoxy) is 2. The maximum atomic E-state index is 11.9. The number of benzene rings is 1. The molecule has 0 aliphatic carbocycles. The van der Waals surface area contributed by atoms with Crippen LogP contribution >= 0.6 is 24.0 Å². The lowest BCUT2D eigenvalue weighted by molar-refractivity contribution is -0.128. The number of hydrogen-bond donors (Lipinski definition) is 3. The summed E-state index contributed by atoms with van der Waals surface area (Å²) >= 11 is 0. The summed E-state index contributed by atoms with van der Waals surface area (Å²) in [5, 5.41) is 9.32. The van der Waals surface area contributed by atoms with Crippen LogP contribution in [-0.2, 0) is 11.3 Å². The zero-order valence-corrected chi connectivity index (χ0v) is 19.5. The second-order valence-electron chi connectivity index (χ2n) is 6.81. The molecule has 0 unspecified atom stereocenters. The van der Waals surface area contributed by atoms with E-state index in [0.717, 1.165) is 23.6 Å². The molecular formula is C19H33IN4O3. The van der Waals surface area contributed by atoms with E-state index in [2.05, 4.69) is 20.9 Å². The van der Waals surface area contributed by atoms with Crippen molar-refractivity contribution in [2.45, 2.75) is 34.2 Å². The van der Waals surface area contributed by atoms with Gasteiger partial charge in [-0.05, 0) is 19.1 Å². The zero-order valence-electron chi connectivity index (χ0n) is 17.1. The lowest BCUT2D eigenvalue weighted by Gasteiger charge is -2.18. The number of hydrogen-bond acceptors (Lipinski definition) is 4. The molecular weight excluding hydrogens is 459 g/mol. The molecule has 7 nitrogen and oxygen atoms in total. The van der Waals surface area contributed by atoms with Gasteiger partial charge in [0.05, 0.1) is 20.8 Å². The van der Waals surface area contributed by atoms with Gasteiger partial charge in [-0.15, -0.1) is 24.0 Å². The number of halogens is 1. The van der Waals surface area contributed by atoms with Crippen molar-refractivity contribution in [2.75, 3.05) is 33.9 Å². The first-order valence-corrected chi connectivity index (χ1v) is 8.83. The molecule has 0 aromatic heterocycles. The number of carbonyl (C=O) groups excluding carboxylic acids is 1. The Bertz CT molecular complexity index is 615. The number of nitrogens with zero attached hydrogens (tertiary/aromatic N) is 1. The number of carbonyl (C=O) groups is 1. The smallest absolute Gasteiger partial charge is 0.225 e. The first-order valence-electron chi connectivity index (χ1n) is 8.83. The second kappa shape index (κ2) is 12.6. The number of guanidine groups is 1. The lowest BCUT2D eigenvalue weighted by atomic mass is 9.96. The van der Waals surface area contributed by atoms with Gasteiger partial charge in [0.1, 0.15) is 11.5 Å². The van der Waals surface area contributed by atoms with Crippen LogP contribution in [-0.4, -0.2) is 45.7 Å². The van der Waals surface area contributed by atoms with E-state index in [9.17, 15) is 4.79 Å². The van der Waals surface area contributed by atoms with Gasteiger partial charge >= 0.3 is 0 Å². The van der Waals surface area contributed by atoms with Crippen LogP contribution in [0.1, 0.15) is 33.3 Å². The Morgan fingerprint density at radius 1 is 1.07 bits per heavy atom. The van der Waals surface area contributed by atoms with Crippen LogP contribution in [0.3, 0.4) is 0 Å². The molecule has 3 N–H and O–H groups in total. The quantitative estimate of drug-likeness (QED) is 0.225. The molecule has 0 spiro atoms. The van der Waals surface area contributed by atoms with Gasteiger partial charge in [-0.1, -0.05) is 20.8 Å². The Balaban J connectivity index is 0.00000676. The second-order valence-corrected chi connectivity index (χ2v) is 6.81. The fraction of sp³-hybridized carbons (Fsp3) is 0.579. The summed E-state index contributed by atoms with van der Waals surface area (Å²) in [5.41, 5.74) is 0.579. The zero-order chi connectivity index (χ0) is 19.6. The molecule has 0 aliphatic rings. The maximum Gasteiger partial charge on any atom is 0.225 e. The van der Waals surface area contributed by atoms with Gasteiger partial charge in [0.15, 0.2) is 5.96 Å². The van der Waals surface area contributed by atoms with Gasteiger partial charge in [-0.3, -0.25) is 4.79 Å². The molecule has 27 heavy (non-hydrogen) atoms. The average Bonchev–Trinajstić information content (AvgIpc) is 2.61. The van der Waals surface area contributed by atoms with Crippen molar-refractivity contribution in [1.29, 1.82) is 0 Å². The number of aliphatic imine (C=N–C) groups is 1. The van der Waals surface area contributed by atoms with Gasteiger partial charge in [-0.25, -0.2) is 4.99 Å². The maximum absolute atomic E-state index is 11.9. The molecule has 1 aromatic carbocycles. The number of methoxy groups -OCH3 is 2. The summed E-state index contributed by atoms with van der Waals surface area (Å²) < 4.78 is 10.6. The minimum absolute atomic E-state index is 0. The standard InChI is InChI=1S/C19H32N4O3.HI/c1-7-20-18(22-11-10-21-17(24)19(2,3)4)23-13-14-8-9-15(25-5)12-16(14)26-6;/h8-9,12H,7,10-11,13H2,1-6H3,(H,21,24)(H2,20,22,23);1H. The molecule has 0 bridgehead atoms. The molecule has 0 heterocycles. The predicted molar refractivity (Wildman–Crippen MR) is 120 cm³/mol. The van der Waals surface area contributed by atoms with E-state index in [1.165, 1.54) is 0 Å². The number of nitrogens with one attached hydrogen (secondary N) is 3. The van der Waals surface area contributed by atoms with Crippen molar-refractivity contribution in [3.8, 4) is 11.5 Å². The van der Waals surface area contributed by atoms with E-state index in [1.54, 1.807) is 14.2 Å². The topological polar surface area (TPSA) is 84.0 Å². The number of amides is 1. The summed E-state index contributed by atoms with van der Waals surface area (Å²) in [6, 6.07) is 5.66. The first kappa shape index (κ1) is 25.3. The minimum atomic E-state index is -0.385. The third-order valence-corrected chi connectivity index (χ3v) is 3.63. The highest BCUT2D eigenvalue weighted by molar-refractivity contribution is 14.0. The monoisotopic (exact) mass is 492 g/mol. The third-order valence-electron chi connectivity index (χ3n) is 3.63. The molecule has 1 amide bonds. The molecule has 0 saturated heterocycles. The van der Waals surface area contributed by atoms with Crippen LogP contribution in [0.25, 0.3) is 0 Å². The Labute approximate surface area is 179 Å². The average molecular weight is 492 g/mol. The third kappa shape index (κ3) is 9.16. The van der Waals surface area contributed by atoms with E-state index < -0.39 is 0 Å². The molecule has 0 saturated carbocycles. The Morgan fingerprint density at radius 3 is 2.30 bits per heavy atom. The summed E-state index contributed by atoms with van der Waals surface area (Å²) in [6.07, 6.45) is 0. The van der Waals surface area contributed by atoms with Crippen LogP contribution in [0.2, 0.25) is 0 Å². The highest BCUT2D eigenvalue weighted by Crippen LogP contribution is 2.25. The first-order chi connectivity index (χ1) is 12.3. The molecule has 0 atom stereocenters. The molecule has 154 valence electrons. The summed E-state index contributed by atoms with van der Waals surface area (Å²) in [6.45, 7) is 10.0. The Hall–Kier alpha value is -1.71. The van der Waals surface area contributed by atoms with E-state index in [-0.39, 0.29) is 35.3 Å².